The van der Waals surface area contributed by atoms with Crippen LogP contribution in [-0.2, 0) is 0 Å². The minimum atomic E-state index is 0.856. The summed E-state index contributed by atoms with van der Waals surface area (Å²) in [5, 5.41) is 0. The summed E-state index contributed by atoms with van der Waals surface area (Å²) in [5.41, 5.74) is 1.21. The van der Waals surface area contributed by atoms with Gasteiger partial charge in [0.05, 0.1) is 0 Å². The van der Waals surface area contributed by atoms with E-state index in [0.29, 0.717) is 0 Å². The van der Waals surface area contributed by atoms with Gasteiger partial charge in [-0.3, -0.25) is 4.90 Å². The Kier molecular flexibility index (Phi) is 6.16. The molecule has 0 N–H and O–H groups in total. The van der Waals surface area contributed by atoms with E-state index in [2.05, 4.69) is 18.1 Å². The highest BCUT2D eigenvalue weighted by atomic mass is 15.2. The van der Waals surface area contributed by atoms with Crippen LogP contribution in [0.5, 0.6) is 0 Å². The fourth-order valence-corrected chi connectivity index (χ4v) is 3.86. The van der Waals surface area contributed by atoms with Gasteiger partial charge in [0, 0.05) is 18.6 Å². The van der Waals surface area contributed by atoms with E-state index in [1.807, 2.05) is 6.08 Å². The lowest BCUT2D eigenvalue weighted by Crippen LogP contribution is -2.45. The van der Waals surface area contributed by atoms with Crippen molar-refractivity contribution in [2.75, 3.05) is 6.54 Å². The van der Waals surface area contributed by atoms with Crippen molar-refractivity contribution in [3.63, 3.8) is 0 Å². The number of hydrogen-bond acceptors (Lipinski definition) is 1. The average Bonchev–Trinajstić information content (AvgIpc) is 2.49. The first-order valence-electron chi connectivity index (χ1n) is 8.37. The summed E-state index contributed by atoms with van der Waals surface area (Å²) in [6, 6.07) is 1.71. The first-order chi connectivity index (χ1) is 9.31. The summed E-state index contributed by atoms with van der Waals surface area (Å²) in [4.78, 5) is 2.85. The van der Waals surface area contributed by atoms with Crippen LogP contribution >= 0.6 is 0 Å². The molecule has 0 unspecified atom stereocenters. The van der Waals surface area contributed by atoms with Crippen molar-refractivity contribution in [1.29, 1.82) is 0 Å². The molecule has 0 atom stereocenters. The van der Waals surface area contributed by atoms with Crippen LogP contribution < -0.4 is 0 Å². The number of allylic oxidation sites excluding steroid dienone is 1. The third kappa shape index (κ3) is 4.49. The molecule has 0 aromatic heterocycles. The second-order valence-electron chi connectivity index (χ2n) is 6.43. The summed E-state index contributed by atoms with van der Waals surface area (Å²) >= 11 is 0. The molecule has 0 aromatic carbocycles. The molecular weight excluding hydrogens is 230 g/mol. The lowest BCUT2D eigenvalue weighted by atomic mass is 9.88. The van der Waals surface area contributed by atoms with Gasteiger partial charge in [0.1, 0.15) is 0 Å². The van der Waals surface area contributed by atoms with Crippen molar-refractivity contribution < 1.29 is 0 Å². The molecule has 2 fully saturated rings. The lowest BCUT2D eigenvalue weighted by molar-refractivity contribution is 0.0823. The standard InChI is InChI=1S/C18H31N/c1-3-16(2)14-15-19(17-10-6-4-7-11-17)18-12-8-5-9-13-18/h3,17-18H,1-2,4-15H2. The summed E-state index contributed by atoms with van der Waals surface area (Å²) in [5.74, 6) is 0. The van der Waals surface area contributed by atoms with Gasteiger partial charge >= 0.3 is 0 Å². The predicted octanol–water partition coefficient (Wildman–Crippen LogP) is 5.09. The molecule has 0 amide bonds. The summed E-state index contributed by atoms with van der Waals surface area (Å²) in [6.07, 6.45) is 17.4. The van der Waals surface area contributed by atoms with Crippen LogP contribution in [0.4, 0.5) is 0 Å². The van der Waals surface area contributed by atoms with Crippen LogP contribution in [-0.4, -0.2) is 23.5 Å². The van der Waals surface area contributed by atoms with Gasteiger partial charge in [-0.05, 0) is 32.1 Å². The van der Waals surface area contributed by atoms with Crippen LogP contribution in [0.2, 0.25) is 0 Å². The molecule has 1 nitrogen and oxygen atoms in total. The van der Waals surface area contributed by atoms with Gasteiger partial charge in [-0.15, -0.1) is 0 Å². The van der Waals surface area contributed by atoms with Crippen molar-refractivity contribution >= 4 is 0 Å². The Morgan fingerprint density at radius 1 is 0.895 bits per heavy atom. The molecule has 108 valence electrons. The molecule has 19 heavy (non-hydrogen) atoms. The molecular formula is C18H31N. The third-order valence-electron chi connectivity index (χ3n) is 5.07. The number of rotatable bonds is 6. The molecule has 0 radical (unpaired) electrons. The van der Waals surface area contributed by atoms with Crippen molar-refractivity contribution in [2.45, 2.75) is 82.7 Å². The lowest BCUT2D eigenvalue weighted by Gasteiger charge is -2.41. The second-order valence-corrected chi connectivity index (χ2v) is 6.43. The monoisotopic (exact) mass is 261 g/mol. The molecule has 2 aliphatic carbocycles. The molecule has 0 spiro atoms. The fraction of sp³-hybridized carbons (Fsp3) is 0.778. The van der Waals surface area contributed by atoms with E-state index in [1.54, 1.807) is 0 Å². The van der Waals surface area contributed by atoms with Gasteiger partial charge in [0.25, 0.3) is 0 Å². The van der Waals surface area contributed by atoms with Crippen molar-refractivity contribution in [3.8, 4) is 0 Å². The molecule has 0 saturated heterocycles. The molecule has 0 aliphatic heterocycles. The van der Waals surface area contributed by atoms with Crippen LogP contribution in [0.25, 0.3) is 0 Å². The van der Waals surface area contributed by atoms with E-state index in [9.17, 15) is 0 Å². The maximum atomic E-state index is 4.09. The van der Waals surface area contributed by atoms with E-state index in [4.69, 9.17) is 0 Å². The highest BCUT2D eigenvalue weighted by molar-refractivity contribution is 5.11. The minimum Gasteiger partial charge on any atom is -0.297 e. The first kappa shape index (κ1) is 14.8. The van der Waals surface area contributed by atoms with E-state index in [-0.39, 0.29) is 0 Å². The SMILES string of the molecule is C=CC(=C)CCN(C1CCCCC1)C1CCCCC1. The molecule has 2 saturated carbocycles. The predicted molar refractivity (Wildman–Crippen MR) is 84.4 cm³/mol. The fourth-order valence-electron chi connectivity index (χ4n) is 3.86. The van der Waals surface area contributed by atoms with Gasteiger partial charge in [0.15, 0.2) is 0 Å². The first-order valence-corrected chi connectivity index (χ1v) is 8.37. The molecule has 1 heteroatoms. The number of nitrogens with zero attached hydrogens (tertiary/aromatic N) is 1. The average molecular weight is 261 g/mol. The van der Waals surface area contributed by atoms with E-state index < -0.39 is 0 Å². The normalized spacial score (nSPS) is 22.6. The van der Waals surface area contributed by atoms with Crippen molar-refractivity contribution in [1.82, 2.24) is 4.90 Å². The van der Waals surface area contributed by atoms with E-state index in [1.165, 1.54) is 76.3 Å². The quantitative estimate of drug-likeness (QED) is 0.602. The Morgan fingerprint density at radius 3 is 1.79 bits per heavy atom. The van der Waals surface area contributed by atoms with Crippen molar-refractivity contribution in [2.24, 2.45) is 0 Å². The van der Waals surface area contributed by atoms with Gasteiger partial charge in [-0.1, -0.05) is 63.3 Å². The topological polar surface area (TPSA) is 3.24 Å². The summed E-state index contributed by atoms with van der Waals surface area (Å²) < 4.78 is 0. The Hall–Kier alpha value is -0.560. The van der Waals surface area contributed by atoms with Gasteiger partial charge in [-0.25, -0.2) is 0 Å². The zero-order chi connectivity index (χ0) is 13.5. The Labute approximate surface area is 119 Å². The smallest absolute Gasteiger partial charge is 0.00983 e. The zero-order valence-corrected chi connectivity index (χ0v) is 12.6. The largest absolute Gasteiger partial charge is 0.297 e. The van der Waals surface area contributed by atoms with E-state index >= 15 is 0 Å². The second kappa shape index (κ2) is 7.89. The van der Waals surface area contributed by atoms with Crippen molar-refractivity contribution in [3.05, 3.63) is 24.8 Å². The maximum absolute atomic E-state index is 4.09. The van der Waals surface area contributed by atoms with Gasteiger partial charge in [0.2, 0.25) is 0 Å². The molecule has 2 rings (SSSR count). The molecule has 0 aromatic rings. The van der Waals surface area contributed by atoms with Crippen LogP contribution in [0.3, 0.4) is 0 Å². The van der Waals surface area contributed by atoms with Crippen LogP contribution in [0, 0.1) is 0 Å². The number of hydrogen-bond donors (Lipinski definition) is 0. The van der Waals surface area contributed by atoms with Crippen LogP contribution in [0.1, 0.15) is 70.6 Å². The third-order valence-corrected chi connectivity index (χ3v) is 5.07. The summed E-state index contributed by atoms with van der Waals surface area (Å²) in [7, 11) is 0. The zero-order valence-electron chi connectivity index (χ0n) is 12.6. The van der Waals surface area contributed by atoms with Gasteiger partial charge < -0.3 is 0 Å². The molecule has 2 aliphatic rings. The van der Waals surface area contributed by atoms with Crippen LogP contribution in [0.15, 0.2) is 24.8 Å². The Balaban J connectivity index is 1.93. The Bertz CT molecular complexity index is 264. The Morgan fingerprint density at radius 2 is 1.37 bits per heavy atom. The maximum Gasteiger partial charge on any atom is 0.00983 e. The highest BCUT2D eigenvalue weighted by Gasteiger charge is 2.28. The minimum absolute atomic E-state index is 0.856. The van der Waals surface area contributed by atoms with Gasteiger partial charge in [-0.2, -0.15) is 0 Å². The molecule has 0 heterocycles. The highest BCUT2D eigenvalue weighted by Crippen LogP contribution is 2.30. The summed E-state index contributed by atoms with van der Waals surface area (Å²) in [6.45, 7) is 9.14. The molecule has 0 bridgehead atoms. The van der Waals surface area contributed by atoms with E-state index in [0.717, 1.165) is 18.5 Å².